The highest BCUT2D eigenvalue weighted by molar-refractivity contribution is 7.89. The van der Waals surface area contributed by atoms with Gasteiger partial charge in [0.05, 0.1) is 36.9 Å². The molecule has 3 aromatic carbocycles. The molecule has 14 heteroatoms. The normalized spacial score (nSPS) is 20.8. The zero-order valence-corrected chi connectivity index (χ0v) is 34.6. The number of aryl methyl sites for hydroxylation is 1. The van der Waals surface area contributed by atoms with Gasteiger partial charge < -0.3 is 39.2 Å². The molecule has 3 heterocycles. The largest absolute Gasteiger partial charge is 0.497 e. The number of hydrogen-bond acceptors (Lipinski definition) is 9. The highest BCUT2D eigenvalue weighted by atomic mass is 32.2. The average Bonchev–Trinajstić information content (AvgIpc) is 3.20. The lowest BCUT2D eigenvalue weighted by Crippen LogP contribution is -2.55. The van der Waals surface area contributed by atoms with Gasteiger partial charge in [0.25, 0.3) is 0 Å². The van der Waals surface area contributed by atoms with E-state index in [-0.39, 0.29) is 42.3 Å². The summed E-state index contributed by atoms with van der Waals surface area (Å²) in [6, 6.07) is 20.1. The fourth-order valence-corrected chi connectivity index (χ4v) is 9.88. The van der Waals surface area contributed by atoms with Crippen LogP contribution in [0.25, 0.3) is 0 Å². The Morgan fingerprint density at radius 3 is 2.37 bits per heavy atom. The lowest BCUT2D eigenvalue weighted by molar-refractivity contribution is -0.131. The number of carbonyl (C=O) groups excluding carboxylic acids is 1. The summed E-state index contributed by atoms with van der Waals surface area (Å²) in [7, 11) is -0.696. The summed E-state index contributed by atoms with van der Waals surface area (Å²) in [5, 5.41) is 12.5. The van der Waals surface area contributed by atoms with Crippen molar-refractivity contribution in [1.29, 1.82) is 0 Å². The van der Waals surface area contributed by atoms with Crippen LogP contribution >= 0.6 is 0 Å². The summed E-state index contributed by atoms with van der Waals surface area (Å²) in [4.78, 5) is 29.3. The van der Waals surface area contributed by atoms with Crippen molar-refractivity contribution in [3.05, 3.63) is 83.4 Å². The van der Waals surface area contributed by atoms with Gasteiger partial charge in [-0.15, -0.1) is 0 Å². The number of ether oxygens (including phenoxy) is 4. The summed E-state index contributed by atoms with van der Waals surface area (Å²) in [6.07, 6.45) is 1.14. The van der Waals surface area contributed by atoms with Gasteiger partial charge in [0.15, 0.2) is 0 Å². The zero-order chi connectivity index (χ0) is 40.7. The number of fused-ring (bicyclic) bond motifs is 1. The van der Waals surface area contributed by atoms with Crippen LogP contribution in [0.15, 0.2) is 71.6 Å². The molecule has 3 aromatic rings. The average molecular weight is 807 g/mol. The summed E-state index contributed by atoms with van der Waals surface area (Å²) >= 11 is 0. The number of carboxylic acid groups (broad SMARTS) is 1. The van der Waals surface area contributed by atoms with Gasteiger partial charge in [0, 0.05) is 63.3 Å². The second kappa shape index (κ2) is 18.5. The van der Waals surface area contributed by atoms with E-state index >= 15 is 0 Å². The molecule has 0 spiro atoms. The van der Waals surface area contributed by atoms with Gasteiger partial charge in [-0.2, -0.15) is 4.31 Å². The second-order valence-electron chi connectivity index (χ2n) is 16.1. The van der Waals surface area contributed by atoms with Gasteiger partial charge >= 0.3 is 6.09 Å². The van der Waals surface area contributed by atoms with E-state index in [1.54, 1.807) is 42.8 Å². The zero-order valence-electron chi connectivity index (χ0n) is 33.8. The maximum atomic E-state index is 14.7. The van der Waals surface area contributed by atoms with Crippen molar-refractivity contribution in [2.75, 3.05) is 65.1 Å². The van der Waals surface area contributed by atoms with Gasteiger partial charge in [-0.1, -0.05) is 49.7 Å². The lowest BCUT2D eigenvalue weighted by atomic mass is 9.77. The van der Waals surface area contributed by atoms with Gasteiger partial charge in [-0.25, -0.2) is 13.2 Å². The van der Waals surface area contributed by atoms with Crippen molar-refractivity contribution in [3.8, 4) is 11.5 Å². The molecule has 0 bridgehead atoms. The molecule has 2 fully saturated rings. The van der Waals surface area contributed by atoms with E-state index in [4.69, 9.17) is 18.9 Å². The van der Waals surface area contributed by atoms with Crippen LogP contribution in [0.1, 0.15) is 68.6 Å². The third-order valence-electron chi connectivity index (χ3n) is 11.6. The molecule has 3 atom stereocenters. The number of sulfonamides is 1. The van der Waals surface area contributed by atoms with Crippen molar-refractivity contribution >= 4 is 27.7 Å². The number of hydrogen-bond donors (Lipinski definition) is 2. The standard InChI is InChI=1S/C43H58N4O9S/c1-30-7-14-36(15-8-30)57(51,52)47-28-40(56-29-31-9-16-39-38(25-31)45(22-24-55-39)19-6-23-53-4)37(32-10-12-35(54-5)13-11-32)26-34(47)27-43(2,3)41(48)44-33-17-20-46(21-18-33)42(49)50/h7-16,25,33-34,37,40H,6,17-24,26-29H2,1-5H3,(H,44,48)(H,49,50)/t34-,37+,40-/m0/s1. The Balaban J connectivity index is 1.29. The van der Waals surface area contributed by atoms with Crippen molar-refractivity contribution in [1.82, 2.24) is 14.5 Å². The van der Waals surface area contributed by atoms with E-state index in [1.165, 1.54) is 4.90 Å². The molecule has 3 aliphatic rings. The monoisotopic (exact) mass is 806 g/mol. The number of rotatable bonds is 15. The SMILES string of the molecule is COCCCN1CCOc2ccc(CO[C@H]3CN(S(=O)(=O)c4ccc(C)cc4)[C@H](CC(C)(C)C(=O)NC4CCN(C(=O)O)CC4)C[C@@H]3c3ccc(OC)cc3)cc21. The third-order valence-corrected chi connectivity index (χ3v) is 13.5. The van der Waals surface area contributed by atoms with E-state index in [9.17, 15) is 23.1 Å². The van der Waals surface area contributed by atoms with Crippen LogP contribution in [0.3, 0.4) is 0 Å². The summed E-state index contributed by atoms with van der Waals surface area (Å²) in [5.41, 5.74) is 2.95. The van der Waals surface area contributed by atoms with Crippen LogP contribution in [0, 0.1) is 12.3 Å². The molecule has 13 nitrogen and oxygen atoms in total. The van der Waals surface area contributed by atoms with Gasteiger partial charge in [-0.3, -0.25) is 4.79 Å². The van der Waals surface area contributed by atoms with E-state index in [0.717, 1.165) is 47.6 Å². The molecule has 0 aliphatic carbocycles. The Hall–Kier alpha value is -4.37. The smallest absolute Gasteiger partial charge is 0.407 e. The van der Waals surface area contributed by atoms with Crippen molar-refractivity contribution < 1.29 is 42.1 Å². The van der Waals surface area contributed by atoms with E-state index in [0.29, 0.717) is 51.3 Å². The van der Waals surface area contributed by atoms with Crippen LogP contribution in [0.2, 0.25) is 0 Å². The topological polar surface area (TPSA) is 147 Å². The molecule has 57 heavy (non-hydrogen) atoms. The molecular formula is C43H58N4O9S. The summed E-state index contributed by atoms with van der Waals surface area (Å²) in [5.74, 6) is 1.16. The first-order valence-electron chi connectivity index (χ1n) is 19.9. The minimum Gasteiger partial charge on any atom is -0.497 e. The molecule has 2 saturated heterocycles. The number of carbonyl (C=O) groups is 2. The first-order chi connectivity index (χ1) is 27.3. The van der Waals surface area contributed by atoms with Crippen LogP contribution in [0.4, 0.5) is 10.5 Å². The molecule has 0 aromatic heterocycles. The molecule has 310 valence electrons. The summed E-state index contributed by atoms with van der Waals surface area (Å²) in [6.45, 7) is 9.56. The van der Waals surface area contributed by atoms with Gasteiger partial charge in [0.2, 0.25) is 15.9 Å². The summed E-state index contributed by atoms with van der Waals surface area (Å²) < 4.78 is 54.5. The molecule has 2 amide bonds. The van der Waals surface area contributed by atoms with Crippen molar-refractivity contribution in [2.45, 2.75) is 88.5 Å². The highest BCUT2D eigenvalue weighted by Crippen LogP contribution is 2.42. The van der Waals surface area contributed by atoms with Gasteiger partial charge in [0.1, 0.15) is 18.1 Å². The fourth-order valence-electron chi connectivity index (χ4n) is 8.23. The van der Waals surface area contributed by atoms with Gasteiger partial charge in [-0.05, 0) is 86.6 Å². The number of anilines is 1. The fraction of sp³-hybridized carbons (Fsp3) is 0.535. The Morgan fingerprint density at radius 2 is 1.70 bits per heavy atom. The number of methoxy groups -OCH3 is 2. The number of likely N-dealkylation sites (tertiary alicyclic amines) is 1. The van der Waals surface area contributed by atoms with Crippen molar-refractivity contribution in [3.63, 3.8) is 0 Å². The van der Waals surface area contributed by atoms with Crippen LogP contribution in [0.5, 0.6) is 11.5 Å². The number of nitrogens with one attached hydrogen (secondary N) is 1. The first-order valence-corrected chi connectivity index (χ1v) is 21.4. The maximum Gasteiger partial charge on any atom is 0.407 e. The third kappa shape index (κ3) is 10.2. The minimum atomic E-state index is -4.02. The van der Waals surface area contributed by atoms with E-state index in [1.807, 2.05) is 57.2 Å². The Bertz CT molecular complexity index is 1930. The van der Waals surface area contributed by atoms with E-state index in [2.05, 4.69) is 16.3 Å². The Labute approximate surface area is 337 Å². The Kier molecular flexibility index (Phi) is 13.7. The molecule has 0 unspecified atom stereocenters. The molecular weight excluding hydrogens is 749 g/mol. The molecule has 0 radical (unpaired) electrons. The van der Waals surface area contributed by atoms with Crippen LogP contribution in [-0.4, -0.2) is 113 Å². The maximum absolute atomic E-state index is 14.7. The molecule has 6 rings (SSSR count). The Morgan fingerprint density at radius 1 is 0.982 bits per heavy atom. The predicted octanol–water partition coefficient (Wildman–Crippen LogP) is 6.05. The number of nitrogens with zero attached hydrogens (tertiary/aromatic N) is 3. The molecule has 3 aliphatic heterocycles. The number of benzene rings is 3. The first kappa shape index (κ1) is 42.2. The van der Waals surface area contributed by atoms with Crippen LogP contribution < -0.4 is 19.7 Å². The second-order valence-corrected chi connectivity index (χ2v) is 18.0. The van der Waals surface area contributed by atoms with Crippen LogP contribution in [-0.2, 0) is 30.9 Å². The van der Waals surface area contributed by atoms with Crippen molar-refractivity contribution in [2.24, 2.45) is 5.41 Å². The van der Waals surface area contributed by atoms with E-state index < -0.39 is 33.7 Å². The lowest BCUT2D eigenvalue weighted by Gasteiger charge is -2.45. The predicted molar refractivity (Wildman–Crippen MR) is 218 cm³/mol. The number of piperidine rings is 2. The molecule has 2 N–H and O–H groups in total. The quantitative estimate of drug-likeness (QED) is 0.174. The highest BCUT2D eigenvalue weighted by Gasteiger charge is 2.46. The molecule has 0 saturated carbocycles. The number of amides is 2. The minimum absolute atomic E-state index is 0.0834.